The van der Waals surface area contributed by atoms with Crippen molar-refractivity contribution in [2.75, 3.05) is 6.54 Å². The highest BCUT2D eigenvalue weighted by Gasteiger charge is 2.61. The third kappa shape index (κ3) is 6.86. The zero-order valence-electron chi connectivity index (χ0n) is 26.9. The van der Waals surface area contributed by atoms with Crippen LogP contribution in [0, 0.1) is 5.92 Å². The van der Waals surface area contributed by atoms with Crippen molar-refractivity contribution in [2.45, 2.75) is 95.0 Å². The van der Waals surface area contributed by atoms with Gasteiger partial charge in [0.25, 0.3) is 0 Å². The summed E-state index contributed by atoms with van der Waals surface area (Å²) in [5, 5.41) is 18.2. The lowest BCUT2D eigenvalue weighted by Gasteiger charge is -2.30. The second kappa shape index (κ2) is 12.8. The molecule has 12 nitrogen and oxygen atoms in total. The van der Waals surface area contributed by atoms with Crippen molar-refractivity contribution in [3.63, 3.8) is 0 Å². The largest absolute Gasteiger partial charge is 0.479 e. The van der Waals surface area contributed by atoms with Gasteiger partial charge in [0.2, 0.25) is 17.7 Å². The van der Waals surface area contributed by atoms with Crippen LogP contribution in [-0.4, -0.2) is 79.7 Å². The molecule has 47 heavy (non-hydrogen) atoms. The van der Waals surface area contributed by atoms with Crippen molar-refractivity contribution < 1.29 is 33.8 Å². The molecule has 3 amide bonds. The fourth-order valence-corrected chi connectivity index (χ4v) is 6.60. The van der Waals surface area contributed by atoms with Gasteiger partial charge < -0.3 is 30.1 Å². The highest BCUT2D eigenvalue weighted by atomic mass is 16.6. The van der Waals surface area contributed by atoms with Gasteiger partial charge in [0.1, 0.15) is 29.3 Å². The molecule has 248 valence electrons. The number of rotatable bonds is 4. The van der Waals surface area contributed by atoms with Gasteiger partial charge in [-0.05, 0) is 70.0 Å². The Morgan fingerprint density at radius 3 is 2.60 bits per heavy atom. The summed E-state index contributed by atoms with van der Waals surface area (Å²) in [6, 6.07) is 9.45. The van der Waals surface area contributed by atoms with Gasteiger partial charge in [-0.1, -0.05) is 43.2 Å². The third-order valence-electron chi connectivity index (χ3n) is 9.03. The number of carbonyl (C=O) groups is 4. The maximum atomic E-state index is 14.3. The number of hydrogen-bond acceptors (Lipinski definition) is 8. The van der Waals surface area contributed by atoms with E-state index in [-0.39, 0.29) is 25.3 Å². The SMILES string of the molecule is CC(C)(C)OC(=O)N[C@H]1CCCCC/C=C\[C@@H]2C[C@@]2(C(=O)O)NC(=O)[C@@H]2C[C@@H](Oc3nc4ncccc4c4ccccc34)CN2C1=O. The number of carboxylic acid groups (broad SMARTS) is 1. The fourth-order valence-electron chi connectivity index (χ4n) is 6.60. The molecule has 3 N–H and O–H groups in total. The average molecular weight is 644 g/mol. The Balaban J connectivity index is 1.33. The number of allylic oxidation sites excluding steroid dienone is 1. The summed E-state index contributed by atoms with van der Waals surface area (Å²) in [4.78, 5) is 64.0. The molecule has 6 rings (SSSR count). The summed E-state index contributed by atoms with van der Waals surface area (Å²) in [6.45, 7) is 5.25. The van der Waals surface area contributed by atoms with Gasteiger partial charge in [-0.15, -0.1) is 0 Å². The van der Waals surface area contributed by atoms with E-state index in [0.29, 0.717) is 24.4 Å². The number of ether oxygens (including phenoxy) is 2. The van der Waals surface area contributed by atoms with Crippen molar-refractivity contribution in [2.24, 2.45) is 5.92 Å². The predicted molar refractivity (Wildman–Crippen MR) is 174 cm³/mol. The van der Waals surface area contributed by atoms with Crippen LogP contribution in [0.3, 0.4) is 0 Å². The smallest absolute Gasteiger partial charge is 0.408 e. The lowest BCUT2D eigenvalue weighted by Crippen LogP contribution is -2.56. The van der Waals surface area contributed by atoms with E-state index in [9.17, 15) is 24.3 Å². The molecule has 1 aromatic carbocycles. The molecule has 3 aromatic rings. The minimum Gasteiger partial charge on any atom is -0.479 e. The van der Waals surface area contributed by atoms with Gasteiger partial charge in [-0.3, -0.25) is 9.59 Å². The molecular formula is C35H41N5O7. The van der Waals surface area contributed by atoms with Crippen molar-refractivity contribution >= 4 is 45.7 Å². The first-order valence-electron chi connectivity index (χ1n) is 16.3. The van der Waals surface area contributed by atoms with Crippen LogP contribution < -0.4 is 15.4 Å². The quantitative estimate of drug-likeness (QED) is 0.275. The van der Waals surface area contributed by atoms with E-state index >= 15 is 0 Å². The van der Waals surface area contributed by atoms with E-state index in [0.717, 1.165) is 35.4 Å². The van der Waals surface area contributed by atoms with Crippen molar-refractivity contribution in [3.8, 4) is 5.88 Å². The Bertz CT molecular complexity index is 1740. The molecule has 2 fully saturated rings. The van der Waals surface area contributed by atoms with E-state index in [4.69, 9.17) is 9.47 Å². The van der Waals surface area contributed by atoms with Crippen LogP contribution in [0.2, 0.25) is 0 Å². The Morgan fingerprint density at radius 2 is 1.83 bits per heavy atom. The van der Waals surface area contributed by atoms with Gasteiger partial charge >= 0.3 is 12.1 Å². The monoisotopic (exact) mass is 643 g/mol. The number of hydrogen-bond donors (Lipinski definition) is 3. The predicted octanol–water partition coefficient (Wildman–Crippen LogP) is 4.50. The molecule has 1 aliphatic carbocycles. The summed E-state index contributed by atoms with van der Waals surface area (Å²) >= 11 is 0. The lowest BCUT2D eigenvalue weighted by atomic mass is 10.0. The van der Waals surface area contributed by atoms with E-state index in [2.05, 4.69) is 20.6 Å². The first-order valence-corrected chi connectivity index (χ1v) is 16.3. The maximum absolute atomic E-state index is 14.3. The van der Waals surface area contributed by atoms with Crippen LogP contribution in [0.15, 0.2) is 54.7 Å². The third-order valence-corrected chi connectivity index (χ3v) is 9.03. The number of alkyl carbamates (subject to hydrolysis) is 1. The molecule has 0 unspecified atom stereocenters. The van der Waals surface area contributed by atoms with Crippen LogP contribution in [-0.2, 0) is 19.1 Å². The number of aliphatic carboxylic acids is 1. The highest BCUT2D eigenvalue weighted by Crippen LogP contribution is 2.45. The molecule has 0 bridgehead atoms. The number of amides is 3. The van der Waals surface area contributed by atoms with E-state index in [1.165, 1.54) is 4.90 Å². The topological polar surface area (TPSA) is 160 Å². The molecule has 4 heterocycles. The molecule has 0 radical (unpaired) electrons. The zero-order valence-corrected chi connectivity index (χ0v) is 26.9. The van der Waals surface area contributed by atoms with E-state index in [1.807, 2.05) is 48.6 Å². The molecule has 2 aliphatic heterocycles. The Kier molecular flexibility index (Phi) is 8.78. The number of carbonyl (C=O) groups excluding carboxylic acids is 3. The van der Waals surface area contributed by atoms with Crippen LogP contribution in [0.4, 0.5) is 4.79 Å². The standard InChI is InChI=1S/C35H41N5O7/c1-34(2,3)47-33(45)37-26-16-8-6-4-5-7-12-21-19-35(21,32(43)44)39-29(41)27-18-22(20-40(27)31(26)42)46-30-25-14-10-9-13-23(25)24-15-11-17-36-28(24)38-30/h7,9-15,17,21-22,26-27H,4-6,8,16,18-20H2,1-3H3,(H,37,45)(H,39,41)(H,43,44)/b12-7-/t21-,22-,26+,27+,35-/m1/s1. The second-order valence-corrected chi connectivity index (χ2v) is 13.7. The summed E-state index contributed by atoms with van der Waals surface area (Å²) in [5.41, 5.74) is -1.71. The summed E-state index contributed by atoms with van der Waals surface area (Å²) in [5.74, 6) is -2.16. The number of aromatic nitrogens is 2. The molecular weight excluding hydrogens is 602 g/mol. The van der Waals surface area contributed by atoms with Gasteiger partial charge in [0, 0.05) is 29.3 Å². The van der Waals surface area contributed by atoms with Gasteiger partial charge in [-0.25, -0.2) is 14.6 Å². The number of fused-ring (bicyclic) bond motifs is 5. The zero-order chi connectivity index (χ0) is 33.3. The molecule has 5 atom stereocenters. The molecule has 12 heteroatoms. The van der Waals surface area contributed by atoms with Crippen LogP contribution in [0.25, 0.3) is 21.8 Å². The maximum Gasteiger partial charge on any atom is 0.408 e. The summed E-state index contributed by atoms with van der Waals surface area (Å²) < 4.78 is 11.9. The van der Waals surface area contributed by atoms with Crippen LogP contribution in [0.5, 0.6) is 5.88 Å². The van der Waals surface area contributed by atoms with E-state index in [1.54, 1.807) is 27.0 Å². The summed E-state index contributed by atoms with van der Waals surface area (Å²) in [6.07, 6.45) is 7.88. The highest BCUT2D eigenvalue weighted by molar-refractivity contribution is 6.06. The van der Waals surface area contributed by atoms with Crippen molar-refractivity contribution in [3.05, 3.63) is 54.7 Å². The Hall–Kier alpha value is -4.74. The van der Waals surface area contributed by atoms with Gasteiger partial charge in [0.15, 0.2) is 5.65 Å². The van der Waals surface area contributed by atoms with Gasteiger partial charge in [0.05, 0.1) is 6.54 Å². The number of carboxylic acids is 1. The van der Waals surface area contributed by atoms with Crippen molar-refractivity contribution in [1.29, 1.82) is 0 Å². The minimum atomic E-state index is -1.43. The van der Waals surface area contributed by atoms with Crippen LogP contribution in [0.1, 0.15) is 65.7 Å². The van der Waals surface area contributed by atoms with Crippen molar-refractivity contribution in [1.82, 2.24) is 25.5 Å². The normalized spacial score (nSPS) is 27.5. The molecule has 2 aromatic heterocycles. The lowest BCUT2D eigenvalue weighted by molar-refractivity contribution is -0.145. The molecule has 0 spiro atoms. The first-order chi connectivity index (χ1) is 22.4. The first kappa shape index (κ1) is 32.2. The van der Waals surface area contributed by atoms with E-state index < -0.39 is 53.2 Å². The Morgan fingerprint density at radius 1 is 1.06 bits per heavy atom. The number of nitrogens with zero attached hydrogens (tertiary/aromatic N) is 3. The molecule has 1 saturated carbocycles. The summed E-state index contributed by atoms with van der Waals surface area (Å²) in [7, 11) is 0. The molecule has 1 saturated heterocycles. The number of benzene rings is 1. The minimum absolute atomic E-state index is 0.0308. The number of pyridine rings is 2. The molecule has 3 aliphatic rings. The second-order valence-electron chi connectivity index (χ2n) is 13.7. The average Bonchev–Trinajstić information content (AvgIpc) is 3.56. The van der Waals surface area contributed by atoms with Crippen LogP contribution >= 0.6 is 0 Å². The van der Waals surface area contributed by atoms with Gasteiger partial charge in [-0.2, -0.15) is 4.98 Å². The fraction of sp³-hybridized carbons (Fsp3) is 0.486. The number of nitrogens with one attached hydrogen (secondary N) is 2. The Labute approximate surface area is 272 Å².